The lowest BCUT2D eigenvalue weighted by atomic mass is 10.0. The lowest BCUT2D eigenvalue weighted by Crippen LogP contribution is -2.56. The highest BCUT2D eigenvalue weighted by atomic mass is 16.5. The summed E-state index contributed by atoms with van der Waals surface area (Å²) in [5.41, 5.74) is 2.60. The Morgan fingerprint density at radius 3 is 2.26 bits per heavy atom. The molecule has 0 aliphatic carbocycles. The molecule has 2 aromatic rings. The van der Waals surface area contributed by atoms with E-state index in [-0.39, 0.29) is 13.0 Å². The Morgan fingerprint density at radius 1 is 1.00 bits per heavy atom. The number of amides is 2. The van der Waals surface area contributed by atoms with Crippen LogP contribution in [0.25, 0.3) is 0 Å². The van der Waals surface area contributed by atoms with Crippen LogP contribution >= 0.6 is 0 Å². The average molecular weight is 428 g/mol. The minimum atomic E-state index is -1.31. The standard InChI is InChI=1S/C23H28N2O6/c1-15-9-7-8-12-18(15)13-19(22(28)30-3)24-21(27)20(16(2)26)25-23(29)31-14-17-10-5-4-6-11-17/h4-12,16,19-20,26H,13-14H2,1-3H3,(H,24,27)(H,25,29)/t16-,19-,20+/m1/s1. The Hall–Kier alpha value is -3.39. The molecule has 166 valence electrons. The number of benzene rings is 2. The van der Waals surface area contributed by atoms with Gasteiger partial charge >= 0.3 is 12.1 Å². The van der Waals surface area contributed by atoms with Crippen molar-refractivity contribution in [3.63, 3.8) is 0 Å². The van der Waals surface area contributed by atoms with Crippen LogP contribution in [-0.4, -0.2) is 48.4 Å². The zero-order valence-electron chi connectivity index (χ0n) is 17.8. The van der Waals surface area contributed by atoms with E-state index in [1.807, 2.05) is 49.4 Å². The number of rotatable bonds is 9. The smallest absolute Gasteiger partial charge is 0.408 e. The van der Waals surface area contributed by atoms with Gasteiger partial charge in [-0.05, 0) is 30.5 Å². The van der Waals surface area contributed by atoms with Gasteiger partial charge in [-0.2, -0.15) is 0 Å². The lowest BCUT2D eigenvalue weighted by molar-refractivity contribution is -0.145. The summed E-state index contributed by atoms with van der Waals surface area (Å²) in [6, 6.07) is 14.2. The normalized spacial score (nSPS) is 13.4. The van der Waals surface area contributed by atoms with Crippen LogP contribution in [0.2, 0.25) is 0 Å². The zero-order valence-corrected chi connectivity index (χ0v) is 17.8. The molecule has 31 heavy (non-hydrogen) atoms. The van der Waals surface area contributed by atoms with E-state index in [9.17, 15) is 19.5 Å². The maximum absolute atomic E-state index is 12.8. The molecule has 0 spiro atoms. The molecular weight excluding hydrogens is 400 g/mol. The van der Waals surface area contributed by atoms with Gasteiger partial charge in [0.2, 0.25) is 5.91 Å². The number of ether oxygens (including phenoxy) is 2. The van der Waals surface area contributed by atoms with Crippen LogP contribution in [0.3, 0.4) is 0 Å². The second-order valence-electron chi connectivity index (χ2n) is 7.14. The molecule has 8 nitrogen and oxygen atoms in total. The molecule has 0 aromatic heterocycles. The molecule has 0 aliphatic heterocycles. The second-order valence-corrected chi connectivity index (χ2v) is 7.14. The Balaban J connectivity index is 2.03. The third-order valence-electron chi connectivity index (χ3n) is 4.74. The molecule has 0 saturated heterocycles. The van der Waals surface area contributed by atoms with Crippen LogP contribution in [0, 0.1) is 6.92 Å². The highest BCUT2D eigenvalue weighted by Crippen LogP contribution is 2.11. The fraction of sp³-hybridized carbons (Fsp3) is 0.348. The van der Waals surface area contributed by atoms with Crippen molar-refractivity contribution in [1.29, 1.82) is 0 Å². The predicted octanol–water partition coefficient (Wildman–Crippen LogP) is 1.87. The molecule has 0 heterocycles. The first kappa shape index (κ1) is 23.9. The van der Waals surface area contributed by atoms with Crippen molar-refractivity contribution < 1.29 is 29.0 Å². The number of esters is 1. The van der Waals surface area contributed by atoms with Crippen molar-refractivity contribution in [2.24, 2.45) is 0 Å². The summed E-state index contributed by atoms with van der Waals surface area (Å²) in [6.45, 7) is 3.27. The molecule has 3 N–H and O–H groups in total. The van der Waals surface area contributed by atoms with Gasteiger partial charge in [0.15, 0.2) is 0 Å². The molecule has 0 fully saturated rings. The third kappa shape index (κ3) is 7.42. The lowest BCUT2D eigenvalue weighted by Gasteiger charge is -2.24. The van der Waals surface area contributed by atoms with E-state index in [1.54, 1.807) is 12.1 Å². The number of alkyl carbamates (subject to hydrolysis) is 1. The summed E-state index contributed by atoms with van der Waals surface area (Å²) >= 11 is 0. The van der Waals surface area contributed by atoms with Gasteiger partial charge < -0.3 is 25.2 Å². The van der Waals surface area contributed by atoms with Gasteiger partial charge in [-0.3, -0.25) is 4.79 Å². The highest BCUT2D eigenvalue weighted by molar-refractivity contribution is 5.90. The van der Waals surface area contributed by atoms with Crippen LogP contribution in [0.1, 0.15) is 23.6 Å². The molecule has 0 bridgehead atoms. The fourth-order valence-electron chi connectivity index (χ4n) is 2.95. The topological polar surface area (TPSA) is 114 Å². The van der Waals surface area contributed by atoms with Crippen molar-refractivity contribution in [2.75, 3.05) is 7.11 Å². The molecular formula is C23H28N2O6. The first-order chi connectivity index (χ1) is 14.8. The predicted molar refractivity (Wildman–Crippen MR) is 114 cm³/mol. The number of nitrogens with one attached hydrogen (secondary N) is 2. The van der Waals surface area contributed by atoms with Crippen LogP contribution < -0.4 is 10.6 Å². The van der Waals surface area contributed by atoms with E-state index >= 15 is 0 Å². The summed E-state index contributed by atoms with van der Waals surface area (Å²) < 4.78 is 9.92. The molecule has 0 radical (unpaired) electrons. The zero-order chi connectivity index (χ0) is 22.8. The summed E-state index contributed by atoms with van der Waals surface area (Å²) in [5.74, 6) is -1.36. The summed E-state index contributed by atoms with van der Waals surface area (Å²) in [6.07, 6.45) is -1.88. The van der Waals surface area contributed by atoms with Gasteiger partial charge in [0, 0.05) is 6.42 Å². The van der Waals surface area contributed by atoms with E-state index < -0.39 is 36.2 Å². The van der Waals surface area contributed by atoms with Crippen molar-refractivity contribution in [3.8, 4) is 0 Å². The average Bonchev–Trinajstić information content (AvgIpc) is 2.76. The quantitative estimate of drug-likeness (QED) is 0.526. The second kappa shape index (κ2) is 11.7. The minimum Gasteiger partial charge on any atom is -0.467 e. The van der Waals surface area contributed by atoms with E-state index in [2.05, 4.69) is 10.6 Å². The van der Waals surface area contributed by atoms with Crippen molar-refractivity contribution in [2.45, 2.75) is 45.1 Å². The number of hydrogen-bond donors (Lipinski definition) is 3. The molecule has 0 aliphatic rings. The van der Waals surface area contributed by atoms with Gasteiger partial charge in [0.25, 0.3) is 0 Å². The first-order valence-corrected chi connectivity index (χ1v) is 9.89. The Labute approximate surface area is 181 Å². The van der Waals surface area contributed by atoms with Gasteiger partial charge in [-0.15, -0.1) is 0 Å². The number of aliphatic hydroxyl groups excluding tert-OH is 1. The molecule has 8 heteroatoms. The highest BCUT2D eigenvalue weighted by Gasteiger charge is 2.31. The molecule has 0 unspecified atom stereocenters. The number of carbonyl (C=O) groups is 3. The van der Waals surface area contributed by atoms with E-state index in [4.69, 9.17) is 9.47 Å². The third-order valence-corrected chi connectivity index (χ3v) is 4.74. The molecule has 3 atom stereocenters. The van der Waals surface area contributed by atoms with Gasteiger partial charge in [0.1, 0.15) is 18.7 Å². The molecule has 2 amide bonds. The van der Waals surface area contributed by atoms with E-state index in [0.717, 1.165) is 16.7 Å². The number of carbonyl (C=O) groups excluding carboxylic acids is 3. The van der Waals surface area contributed by atoms with E-state index in [0.29, 0.717) is 0 Å². The van der Waals surface area contributed by atoms with Crippen LogP contribution in [0.15, 0.2) is 54.6 Å². The SMILES string of the molecule is COC(=O)[C@@H](Cc1ccccc1C)NC(=O)[C@@H](NC(=O)OCc1ccccc1)[C@@H](C)O. The van der Waals surface area contributed by atoms with Crippen LogP contribution in [0.4, 0.5) is 4.79 Å². The maximum Gasteiger partial charge on any atom is 0.408 e. The summed E-state index contributed by atoms with van der Waals surface area (Å²) in [5, 5.41) is 14.9. The largest absolute Gasteiger partial charge is 0.467 e. The summed E-state index contributed by atoms with van der Waals surface area (Å²) in [4.78, 5) is 37.1. The molecule has 0 saturated carbocycles. The van der Waals surface area contributed by atoms with E-state index in [1.165, 1.54) is 14.0 Å². The van der Waals surface area contributed by atoms with Gasteiger partial charge in [-0.1, -0.05) is 54.6 Å². The van der Waals surface area contributed by atoms with Crippen LogP contribution in [-0.2, 0) is 32.1 Å². The maximum atomic E-state index is 12.8. The Bertz CT molecular complexity index is 885. The monoisotopic (exact) mass is 428 g/mol. The number of aryl methyl sites for hydroxylation is 1. The van der Waals surface area contributed by atoms with Crippen LogP contribution in [0.5, 0.6) is 0 Å². The van der Waals surface area contributed by atoms with Gasteiger partial charge in [0.05, 0.1) is 13.2 Å². The van der Waals surface area contributed by atoms with Crippen molar-refractivity contribution >= 4 is 18.0 Å². The Morgan fingerprint density at radius 2 is 1.65 bits per heavy atom. The molecule has 2 aromatic carbocycles. The number of aliphatic hydroxyl groups is 1. The fourth-order valence-corrected chi connectivity index (χ4v) is 2.95. The van der Waals surface area contributed by atoms with Crippen molar-refractivity contribution in [3.05, 3.63) is 71.3 Å². The first-order valence-electron chi connectivity index (χ1n) is 9.89. The summed E-state index contributed by atoms with van der Waals surface area (Å²) in [7, 11) is 1.23. The van der Waals surface area contributed by atoms with Crippen molar-refractivity contribution in [1.82, 2.24) is 10.6 Å². The number of hydrogen-bond acceptors (Lipinski definition) is 6. The number of methoxy groups -OCH3 is 1. The minimum absolute atomic E-state index is 0.0128. The van der Waals surface area contributed by atoms with Gasteiger partial charge in [-0.25, -0.2) is 9.59 Å². The molecule has 2 rings (SSSR count). The Kier molecular flexibility index (Phi) is 9.02.